The number of carbonyl (C=O) groups excluding carboxylic acids is 1. The number of halogens is 2. The van der Waals surface area contributed by atoms with Gasteiger partial charge in [-0.05, 0) is 37.0 Å². The number of H-pyrrole nitrogens is 1. The molecule has 3 rings (SSSR count). The lowest BCUT2D eigenvalue weighted by Crippen LogP contribution is -2.15. The van der Waals surface area contributed by atoms with Crippen LogP contribution in [0.3, 0.4) is 0 Å². The number of esters is 1. The predicted molar refractivity (Wildman–Crippen MR) is 152 cm³/mol. The van der Waals surface area contributed by atoms with Gasteiger partial charge in [-0.2, -0.15) is 0 Å². The van der Waals surface area contributed by atoms with E-state index in [1.165, 1.54) is 51.4 Å². The van der Waals surface area contributed by atoms with Crippen LogP contribution in [0.5, 0.6) is 0 Å². The van der Waals surface area contributed by atoms with Gasteiger partial charge < -0.3 is 4.74 Å². The molecular formula is C29H38Cl2N4O2. The highest BCUT2D eigenvalue weighted by Gasteiger charge is 2.24. The number of benzene rings is 1. The Balaban J connectivity index is 1.69. The first-order valence-corrected chi connectivity index (χ1v) is 14.3. The van der Waals surface area contributed by atoms with E-state index < -0.39 is 5.97 Å². The number of nitrogens with zero attached hydrogens (tertiary/aromatic N) is 3. The summed E-state index contributed by atoms with van der Waals surface area (Å²) in [6.45, 7) is 12.4. The molecule has 37 heavy (non-hydrogen) atoms. The molecule has 1 N–H and O–H groups in total. The van der Waals surface area contributed by atoms with Gasteiger partial charge in [-0.3, -0.25) is 9.61 Å². The molecule has 1 aromatic carbocycles. The van der Waals surface area contributed by atoms with Crippen LogP contribution < -0.4 is 0 Å². The van der Waals surface area contributed by atoms with Gasteiger partial charge in [0.2, 0.25) is 5.69 Å². The Morgan fingerprint density at radius 1 is 1.00 bits per heavy atom. The van der Waals surface area contributed by atoms with Crippen LogP contribution in [0, 0.1) is 12.5 Å². The Hall–Kier alpha value is -2.49. The van der Waals surface area contributed by atoms with Gasteiger partial charge in [0.1, 0.15) is 5.56 Å². The molecule has 1 atom stereocenters. The molecule has 0 saturated heterocycles. The highest BCUT2D eigenvalue weighted by molar-refractivity contribution is 6.35. The summed E-state index contributed by atoms with van der Waals surface area (Å²) < 4.78 is 7.39. The summed E-state index contributed by atoms with van der Waals surface area (Å²) in [4.78, 5) is 21.3. The quantitative estimate of drug-likeness (QED) is 0.111. The van der Waals surface area contributed by atoms with Crippen LogP contribution in [0.4, 0.5) is 5.69 Å². The van der Waals surface area contributed by atoms with Crippen LogP contribution in [-0.4, -0.2) is 27.2 Å². The third-order valence-electron chi connectivity index (χ3n) is 6.75. The lowest BCUT2D eigenvalue weighted by Gasteiger charge is -2.17. The van der Waals surface area contributed by atoms with Crippen LogP contribution in [0.1, 0.15) is 101 Å². The number of hydrogen-bond acceptors (Lipinski definition) is 3. The maximum atomic E-state index is 13.2. The summed E-state index contributed by atoms with van der Waals surface area (Å²) in [7, 11) is 0. The van der Waals surface area contributed by atoms with E-state index in [1.807, 2.05) is 0 Å². The van der Waals surface area contributed by atoms with E-state index in [0.29, 0.717) is 39.6 Å². The molecule has 0 fully saturated rings. The van der Waals surface area contributed by atoms with Crippen LogP contribution in [0.2, 0.25) is 10.0 Å². The van der Waals surface area contributed by atoms with Gasteiger partial charge in [0.25, 0.3) is 0 Å². The monoisotopic (exact) mass is 544 g/mol. The van der Waals surface area contributed by atoms with E-state index in [-0.39, 0.29) is 11.3 Å². The zero-order valence-electron chi connectivity index (χ0n) is 22.0. The number of hydrogen-bond donors (Lipinski definition) is 1. The van der Waals surface area contributed by atoms with Crippen LogP contribution in [0.15, 0.2) is 24.4 Å². The summed E-state index contributed by atoms with van der Waals surface area (Å²) in [5.74, 6) is 0.337. The number of aromatic nitrogens is 3. The van der Waals surface area contributed by atoms with Crippen LogP contribution >= 0.6 is 23.2 Å². The molecule has 0 aliphatic rings. The van der Waals surface area contributed by atoms with E-state index in [4.69, 9.17) is 34.5 Å². The molecule has 0 spiro atoms. The van der Waals surface area contributed by atoms with Crippen molar-refractivity contribution in [3.05, 3.63) is 51.4 Å². The highest BCUT2D eigenvalue weighted by Crippen LogP contribution is 2.31. The Morgan fingerprint density at radius 3 is 2.22 bits per heavy atom. The Kier molecular flexibility index (Phi) is 11.8. The SMILES string of the molecule is [C-]#[N+]c1cn2[nH]c(-c3cc(Cl)cc(Cl)c3)nc2c1C(=O)OCC(CCCCCC)CCCCCCCC. The molecule has 0 amide bonds. The third kappa shape index (κ3) is 8.51. The minimum Gasteiger partial charge on any atom is -0.463 e. The average Bonchev–Trinajstić information content (AvgIpc) is 3.43. The highest BCUT2D eigenvalue weighted by atomic mass is 35.5. The van der Waals surface area contributed by atoms with Crippen molar-refractivity contribution in [3.63, 3.8) is 0 Å². The van der Waals surface area contributed by atoms with Crippen molar-refractivity contribution in [1.82, 2.24) is 14.6 Å². The average molecular weight is 546 g/mol. The fraction of sp³-hybridized carbons (Fsp3) is 0.552. The van der Waals surface area contributed by atoms with Crippen molar-refractivity contribution in [2.24, 2.45) is 5.92 Å². The maximum Gasteiger partial charge on any atom is 0.331 e. The molecule has 200 valence electrons. The normalized spacial score (nSPS) is 12.1. The van der Waals surface area contributed by atoms with Gasteiger partial charge >= 0.3 is 5.97 Å². The van der Waals surface area contributed by atoms with Gasteiger partial charge in [0.15, 0.2) is 11.5 Å². The smallest absolute Gasteiger partial charge is 0.331 e. The number of ether oxygens (including phenoxy) is 1. The fourth-order valence-electron chi connectivity index (χ4n) is 4.67. The standard InChI is InChI=1S/C29H38Cl2N4O2/c1-4-6-8-10-11-13-15-21(14-12-9-7-5-2)20-37-29(36)26-25(32-3)19-35-28(26)33-27(34-35)22-16-23(30)18-24(31)17-22/h16-19,21H,4-15,20H2,1-2H3,(H,33,34). The van der Waals surface area contributed by atoms with E-state index >= 15 is 0 Å². The molecule has 0 radical (unpaired) electrons. The molecule has 0 aliphatic carbocycles. The molecular weight excluding hydrogens is 507 g/mol. The Labute approximate surface area is 230 Å². The topological polar surface area (TPSA) is 63.8 Å². The minimum atomic E-state index is -0.503. The number of unbranched alkanes of at least 4 members (excludes halogenated alkanes) is 8. The lowest BCUT2D eigenvalue weighted by molar-refractivity contribution is 0.0425. The molecule has 0 saturated carbocycles. The Morgan fingerprint density at radius 2 is 1.59 bits per heavy atom. The van der Waals surface area contributed by atoms with Crippen LogP contribution in [-0.2, 0) is 4.74 Å². The van der Waals surface area contributed by atoms with E-state index in [1.54, 1.807) is 28.9 Å². The summed E-state index contributed by atoms with van der Waals surface area (Å²) in [6, 6.07) is 5.13. The number of rotatable bonds is 16. The summed E-state index contributed by atoms with van der Waals surface area (Å²) >= 11 is 12.3. The largest absolute Gasteiger partial charge is 0.463 e. The van der Waals surface area contributed by atoms with Crippen molar-refractivity contribution in [2.45, 2.75) is 90.9 Å². The molecule has 3 aromatic rings. The molecule has 1 unspecified atom stereocenters. The number of fused-ring (bicyclic) bond motifs is 1. The summed E-state index contributed by atoms with van der Waals surface area (Å²) in [5.41, 5.74) is 1.46. The first-order chi connectivity index (χ1) is 18.0. The zero-order valence-corrected chi connectivity index (χ0v) is 23.5. The van der Waals surface area contributed by atoms with Gasteiger partial charge in [-0.25, -0.2) is 14.6 Å². The fourth-order valence-corrected chi connectivity index (χ4v) is 5.20. The van der Waals surface area contributed by atoms with E-state index in [2.05, 4.69) is 28.8 Å². The van der Waals surface area contributed by atoms with Gasteiger partial charge in [-0.1, -0.05) is 101 Å². The van der Waals surface area contributed by atoms with Crippen molar-refractivity contribution < 1.29 is 9.53 Å². The zero-order chi connectivity index (χ0) is 26.6. The second kappa shape index (κ2) is 15.1. The van der Waals surface area contributed by atoms with Crippen molar-refractivity contribution in [1.29, 1.82) is 0 Å². The molecule has 2 aromatic heterocycles. The minimum absolute atomic E-state index is 0.190. The van der Waals surface area contributed by atoms with Gasteiger partial charge in [0.05, 0.1) is 13.2 Å². The second-order valence-electron chi connectivity index (χ2n) is 9.80. The van der Waals surface area contributed by atoms with E-state index in [9.17, 15) is 4.79 Å². The number of nitrogens with one attached hydrogen (secondary N) is 1. The number of aromatic amines is 1. The summed E-state index contributed by atoms with van der Waals surface area (Å²) in [6.07, 6.45) is 16.0. The van der Waals surface area contributed by atoms with Crippen molar-refractivity contribution in [3.8, 4) is 11.4 Å². The Bertz CT molecular complexity index is 1170. The first kappa shape index (κ1) is 29.1. The lowest BCUT2D eigenvalue weighted by atomic mass is 9.95. The third-order valence-corrected chi connectivity index (χ3v) is 7.18. The molecule has 6 nitrogen and oxygen atoms in total. The van der Waals surface area contributed by atoms with E-state index in [0.717, 1.165) is 25.7 Å². The van der Waals surface area contributed by atoms with Gasteiger partial charge in [-0.15, -0.1) is 0 Å². The second-order valence-corrected chi connectivity index (χ2v) is 10.7. The molecule has 2 heterocycles. The maximum absolute atomic E-state index is 13.2. The summed E-state index contributed by atoms with van der Waals surface area (Å²) in [5, 5.41) is 4.08. The van der Waals surface area contributed by atoms with Crippen molar-refractivity contribution in [2.75, 3.05) is 6.61 Å². The van der Waals surface area contributed by atoms with Crippen LogP contribution in [0.25, 0.3) is 21.9 Å². The van der Waals surface area contributed by atoms with Gasteiger partial charge in [0, 0.05) is 21.8 Å². The molecule has 0 aliphatic heterocycles. The first-order valence-electron chi connectivity index (χ1n) is 13.6. The van der Waals surface area contributed by atoms with Crippen molar-refractivity contribution >= 4 is 40.5 Å². The number of carbonyl (C=O) groups is 1. The molecule has 8 heteroatoms. The predicted octanol–water partition coefficient (Wildman–Crippen LogP) is 9.68. The molecule has 0 bridgehead atoms.